The van der Waals surface area contributed by atoms with Crippen LogP contribution in [0.4, 0.5) is 0 Å². The van der Waals surface area contributed by atoms with Crippen LogP contribution >= 0.6 is 0 Å². The number of aliphatic hydroxyl groups is 2. The zero-order valence-electron chi connectivity index (χ0n) is 13.9. The van der Waals surface area contributed by atoms with Crippen LogP contribution in [0.5, 0.6) is 0 Å². The monoisotopic (exact) mass is 391 g/mol. The van der Waals surface area contributed by atoms with Gasteiger partial charge in [0.15, 0.2) is 0 Å². The van der Waals surface area contributed by atoms with E-state index in [2.05, 4.69) is 33.0 Å². The summed E-state index contributed by atoms with van der Waals surface area (Å²) >= 11 is 0. The Morgan fingerprint density at radius 2 is 1.05 bits per heavy atom. The molecule has 0 bridgehead atoms. The molecule has 0 aliphatic rings. The molecule has 0 saturated heterocycles. The first-order valence-electron chi connectivity index (χ1n) is 7.13. The fraction of sp³-hybridized carbons (Fsp3) is 1.00. The molecule has 0 aliphatic carbocycles. The number of hydrogen-bond donors (Lipinski definition) is 5. The van der Waals surface area contributed by atoms with Gasteiger partial charge in [0.2, 0.25) is 0 Å². The third-order valence-corrected chi connectivity index (χ3v) is 3.26. The smallest absolute Gasteiger partial charge is 0.394 e. The van der Waals surface area contributed by atoms with Crippen molar-refractivity contribution in [2.75, 3.05) is 52.5 Å². The van der Waals surface area contributed by atoms with Gasteiger partial charge in [-0.25, -0.2) is 0 Å². The van der Waals surface area contributed by atoms with Gasteiger partial charge in [0.25, 0.3) is 0 Å². The van der Waals surface area contributed by atoms with Gasteiger partial charge >= 0.3 is 10.4 Å². The standard InChI is InChI=1S/C8H20N.C4H11NO2.Ni.H2O4S/c1-5-9(6-2,7-3)8-4;6-3-1-5-2-4-7;;1-5(2,3)4/h5-8H2,1-4H3;5-7H,1-4H2;;(H2,1,2,3,4)/q+1;;;. The van der Waals surface area contributed by atoms with E-state index in [0.29, 0.717) is 13.1 Å². The summed E-state index contributed by atoms with van der Waals surface area (Å²) in [5.74, 6) is 0. The maximum absolute atomic E-state index is 8.74. The molecular weight excluding hydrogens is 359 g/mol. The summed E-state index contributed by atoms with van der Waals surface area (Å²) in [5, 5.41) is 19.1. The van der Waals surface area contributed by atoms with Gasteiger partial charge in [-0.1, -0.05) is 0 Å². The van der Waals surface area contributed by atoms with Crippen molar-refractivity contribution in [3.8, 4) is 0 Å². The topological polar surface area (TPSA) is 127 Å². The van der Waals surface area contributed by atoms with Crippen molar-refractivity contribution in [3.63, 3.8) is 0 Å². The minimum absolute atomic E-state index is 0. The Morgan fingerprint density at radius 1 is 0.818 bits per heavy atom. The Morgan fingerprint density at radius 3 is 1.14 bits per heavy atom. The van der Waals surface area contributed by atoms with Crippen molar-refractivity contribution >= 4 is 10.4 Å². The molecule has 0 atom stereocenters. The van der Waals surface area contributed by atoms with Crippen LogP contribution in [0.2, 0.25) is 0 Å². The Hall–Kier alpha value is 0.204. The zero-order valence-corrected chi connectivity index (χ0v) is 15.7. The van der Waals surface area contributed by atoms with Gasteiger partial charge in [-0.05, 0) is 27.7 Å². The van der Waals surface area contributed by atoms with Crippen molar-refractivity contribution in [1.82, 2.24) is 5.32 Å². The third kappa shape index (κ3) is 28.4. The van der Waals surface area contributed by atoms with Crippen LogP contribution in [0, 0.1) is 0 Å². The van der Waals surface area contributed by atoms with Crippen molar-refractivity contribution in [1.29, 1.82) is 0 Å². The van der Waals surface area contributed by atoms with E-state index in [1.165, 1.54) is 30.7 Å². The summed E-state index contributed by atoms with van der Waals surface area (Å²) < 4.78 is 32.9. The second-order valence-corrected chi connectivity index (χ2v) is 5.15. The summed E-state index contributed by atoms with van der Waals surface area (Å²) in [5.41, 5.74) is 0. The first-order chi connectivity index (χ1) is 9.66. The van der Waals surface area contributed by atoms with E-state index in [1.54, 1.807) is 0 Å². The fourth-order valence-electron chi connectivity index (χ4n) is 1.62. The number of aliphatic hydroxyl groups excluding tert-OH is 2. The molecule has 142 valence electrons. The van der Waals surface area contributed by atoms with Crippen molar-refractivity contribution in [2.45, 2.75) is 27.7 Å². The summed E-state index contributed by atoms with van der Waals surface area (Å²) in [6.45, 7) is 15.6. The molecule has 0 spiro atoms. The van der Waals surface area contributed by atoms with Gasteiger partial charge in [0.05, 0.1) is 39.4 Å². The molecule has 8 nitrogen and oxygen atoms in total. The number of nitrogens with one attached hydrogen (secondary N) is 1. The second-order valence-electron chi connectivity index (χ2n) is 4.25. The molecule has 0 unspecified atom stereocenters. The van der Waals surface area contributed by atoms with Gasteiger partial charge in [-0.15, -0.1) is 0 Å². The number of quaternary nitrogens is 1. The summed E-state index contributed by atoms with van der Waals surface area (Å²) in [7, 11) is -4.67. The Bertz CT molecular complexity index is 270. The Balaban J connectivity index is -0.000000113. The van der Waals surface area contributed by atoms with Crippen LogP contribution in [0.25, 0.3) is 0 Å². The van der Waals surface area contributed by atoms with Crippen LogP contribution in [0.15, 0.2) is 0 Å². The molecule has 0 fully saturated rings. The van der Waals surface area contributed by atoms with Gasteiger partial charge in [0, 0.05) is 29.6 Å². The SMILES string of the molecule is CC[N+](CC)(CC)CC.O=S(=O)(O)O.OCCNCCO.[Ni]. The fourth-order valence-corrected chi connectivity index (χ4v) is 1.62. The van der Waals surface area contributed by atoms with Crippen LogP contribution in [-0.4, -0.2) is 84.7 Å². The van der Waals surface area contributed by atoms with E-state index in [9.17, 15) is 0 Å². The maximum atomic E-state index is 8.74. The molecule has 0 aliphatic heterocycles. The number of nitrogens with zero attached hydrogens (tertiary/aromatic N) is 1. The van der Waals surface area contributed by atoms with Gasteiger partial charge in [0.1, 0.15) is 0 Å². The zero-order chi connectivity index (χ0) is 17.4. The van der Waals surface area contributed by atoms with E-state index >= 15 is 0 Å². The quantitative estimate of drug-likeness (QED) is 0.167. The Labute approximate surface area is 145 Å². The van der Waals surface area contributed by atoms with E-state index in [4.69, 9.17) is 27.7 Å². The number of hydrogen-bond acceptors (Lipinski definition) is 5. The van der Waals surface area contributed by atoms with Gasteiger partial charge in [-0.2, -0.15) is 8.42 Å². The summed E-state index contributed by atoms with van der Waals surface area (Å²) in [4.78, 5) is 0. The third-order valence-electron chi connectivity index (χ3n) is 3.26. The average molecular weight is 392 g/mol. The van der Waals surface area contributed by atoms with Crippen molar-refractivity contribution in [3.05, 3.63) is 0 Å². The molecule has 10 heteroatoms. The molecule has 0 aromatic carbocycles. The van der Waals surface area contributed by atoms with Crippen molar-refractivity contribution in [2.24, 2.45) is 0 Å². The van der Waals surface area contributed by atoms with Crippen LogP contribution in [-0.2, 0) is 26.9 Å². The van der Waals surface area contributed by atoms with E-state index in [1.807, 2.05) is 0 Å². The molecule has 22 heavy (non-hydrogen) atoms. The second kappa shape index (κ2) is 19.3. The van der Waals surface area contributed by atoms with Crippen LogP contribution < -0.4 is 5.32 Å². The first-order valence-corrected chi connectivity index (χ1v) is 8.53. The Kier molecular flexibility index (Phi) is 26.4. The van der Waals surface area contributed by atoms with E-state index < -0.39 is 10.4 Å². The summed E-state index contributed by atoms with van der Waals surface area (Å²) in [6, 6.07) is 0. The predicted octanol–water partition coefficient (Wildman–Crippen LogP) is -0.212. The largest absolute Gasteiger partial charge is 0.395 e. The minimum atomic E-state index is -4.67. The van der Waals surface area contributed by atoms with Crippen LogP contribution in [0.3, 0.4) is 0 Å². The molecule has 0 aromatic rings. The molecule has 5 N–H and O–H groups in total. The number of rotatable bonds is 8. The molecule has 0 aromatic heterocycles. The minimum Gasteiger partial charge on any atom is -0.395 e. The van der Waals surface area contributed by atoms with E-state index in [0.717, 1.165) is 0 Å². The average Bonchev–Trinajstić information content (AvgIpc) is 2.42. The molecule has 0 radical (unpaired) electrons. The summed E-state index contributed by atoms with van der Waals surface area (Å²) in [6.07, 6.45) is 0. The maximum Gasteiger partial charge on any atom is 0.394 e. The molecule has 0 amide bonds. The van der Waals surface area contributed by atoms with Crippen LogP contribution in [0.1, 0.15) is 27.7 Å². The molecular formula is C12H33N2NiO6S+. The molecule has 0 saturated carbocycles. The first kappa shape index (κ1) is 30.1. The van der Waals surface area contributed by atoms with Gasteiger partial charge < -0.3 is 20.0 Å². The van der Waals surface area contributed by atoms with Crippen molar-refractivity contribution < 1.29 is 48.7 Å². The van der Waals surface area contributed by atoms with E-state index in [-0.39, 0.29) is 29.7 Å². The molecule has 0 rings (SSSR count). The molecule has 0 heterocycles. The normalized spacial score (nSPS) is 10.5. The van der Waals surface area contributed by atoms with Gasteiger partial charge in [-0.3, -0.25) is 9.11 Å². The predicted molar refractivity (Wildman–Crippen MR) is 83.6 cm³/mol.